The molecular formula is C9H15N3. The Morgan fingerprint density at radius 1 is 1.50 bits per heavy atom. The van der Waals surface area contributed by atoms with E-state index in [1.807, 2.05) is 0 Å². The van der Waals surface area contributed by atoms with Crippen LogP contribution < -0.4 is 5.32 Å². The van der Waals surface area contributed by atoms with Crippen LogP contribution in [0.25, 0.3) is 0 Å². The zero-order chi connectivity index (χ0) is 8.81. The van der Waals surface area contributed by atoms with E-state index in [0.29, 0.717) is 6.04 Å². The summed E-state index contributed by atoms with van der Waals surface area (Å²) in [5.74, 6) is 0. The molecule has 0 bridgehead atoms. The largest absolute Gasteiger partial charge is 0.309 e. The molecule has 3 nitrogen and oxygen atoms in total. The average Bonchev–Trinajstić information content (AvgIpc) is 2.15. The molecule has 0 aliphatic heterocycles. The molecule has 66 valence electrons. The van der Waals surface area contributed by atoms with Crippen LogP contribution in [0, 0.1) is 0 Å². The van der Waals surface area contributed by atoms with Gasteiger partial charge in [-0.2, -0.15) is 0 Å². The summed E-state index contributed by atoms with van der Waals surface area (Å²) in [5, 5.41) is 3.35. The Kier molecular flexibility index (Phi) is 3.67. The summed E-state index contributed by atoms with van der Waals surface area (Å²) < 4.78 is 0. The van der Waals surface area contributed by atoms with E-state index < -0.39 is 0 Å². The van der Waals surface area contributed by atoms with Crippen LogP contribution in [0.15, 0.2) is 18.6 Å². The molecule has 0 amide bonds. The van der Waals surface area contributed by atoms with Gasteiger partial charge in [0.2, 0.25) is 0 Å². The van der Waals surface area contributed by atoms with E-state index in [-0.39, 0.29) is 0 Å². The summed E-state index contributed by atoms with van der Waals surface area (Å²) in [5.41, 5.74) is 1.01. The number of aromatic nitrogens is 2. The molecule has 1 rings (SSSR count). The van der Waals surface area contributed by atoms with Gasteiger partial charge in [0.05, 0.1) is 5.69 Å². The van der Waals surface area contributed by atoms with E-state index in [1.165, 1.54) is 0 Å². The fourth-order valence-corrected chi connectivity index (χ4v) is 1.000. The maximum atomic E-state index is 4.21. The first-order valence-corrected chi connectivity index (χ1v) is 4.34. The SMILES string of the molecule is CCCNC(C)c1cnccn1. The first-order valence-electron chi connectivity index (χ1n) is 4.34. The second kappa shape index (κ2) is 4.83. The predicted molar refractivity (Wildman–Crippen MR) is 48.7 cm³/mol. The van der Waals surface area contributed by atoms with Gasteiger partial charge in [0, 0.05) is 24.6 Å². The third kappa shape index (κ3) is 2.58. The number of nitrogens with one attached hydrogen (secondary N) is 1. The number of hydrogen-bond donors (Lipinski definition) is 1. The predicted octanol–water partition coefficient (Wildman–Crippen LogP) is 1.54. The van der Waals surface area contributed by atoms with Gasteiger partial charge < -0.3 is 5.32 Å². The highest BCUT2D eigenvalue weighted by molar-refractivity contribution is 5.00. The van der Waals surface area contributed by atoms with Crippen molar-refractivity contribution in [3.8, 4) is 0 Å². The quantitative estimate of drug-likeness (QED) is 0.735. The van der Waals surface area contributed by atoms with Crippen molar-refractivity contribution in [2.75, 3.05) is 6.54 Å². The van der Waals surface area contributed by atoms with E-state index >= 15 is 0 Å². The topological polar surface area (TPSA) is 37.8 Å². The molecule has 12 heavy (non-hydrogen) atoms. The molecule has 0 radical (unpaired) electrons. The Labute approximate surface area is 73.2 Å². The molecule has 0 saturated carbocycles. The normalized spacial score (nSPS) is 12.8. The van der Waals surface area contributed by atoms with Crippen LogP contribution in [0.2, 0.25) is 0 Å². The molecule has 1 aromatic rings. The molecule has 0 aromatic carbocycles. The molecule has 0 aliphatic rings. The lowest BCUT2D eigenvalue weighted by Gasteiger charge is -2.10. The van der Waals surface area contributed by atoms with Crippen LogP contribution in [0.5, 0.6) is 0 Å². The molecule has 0 spiro atoms. The average molecular weight is 165 g/mol. The Morgan fingerprint density at radius 3 is 2.92 bits per heavy atom. The van der Waals surface area contributed by atoms with Gasteiger partial charge in [0.25, 0.3) is 0 Å². The smallest absolute Gasteiger partial charge is 0.0753 e. The summed E-state index contributed by atoms with van der Waals surface area (Å²) in [4.78, 5) is 8.22. The molecule has 0 saturated heterocycles. The van der Waals surface area contributed by atoms with Gasteiger partial charge in [-0.25, -0.2) is 0 Å². The second-order valence-corrected chi connectivity index (χ2v) is 2.81. The minimum absolute atomic E-state index is 0.304. The molecule has 1 heterocycles. The fraction of sp³-hybridized carbons (Fsp3) is 0.556. The Hall–Kier alpha value is -0.960. The molecule has 3 heteroatoms. The highest BCUT2D eigenvalue weighted by atomic mass is 14.9. The summed E-state index contributed by atoms with van der Waals surface area (Å²) in [7, 11) is 0. The van der Waals surface area contributed by atoms with Crippen molar-refractivity contribution >= 4 is 0 Å². The van der Waals surface area contributed by atoms with Gasteiger partial charge in [-0.3, -0.25) is 9.97 Å². The fourth-order valence-electron chi connectivity index (χ4n) is 1.000. The highest BCUT2D eigenvalue weighted by Crippen LogP contribution is 2.05. The zero-order valence-corrected chi connectivity index (χ0v) is 7.62. The summed E-state index contributed by atoms with van der Waals surface area (Å²) in [6.07, 6.45) is 6.35. The van der Waals surface area contributed by atoms with E-state index in [0.717, 1.165) is 18.7 Å². The van der Waals surface area contributed by atoms with Crippen LogP contribution >= 0.6 is 0 Å². The Balaban J connectivity index is 2.48. The molecule has 1 aromatic heterocycles. The van der Waals surface area contributed by atoms with Gasteiger partial charge in [0.1, 0.15) is 0 Å². The number of nitrogens with zero attached hydrogens (tertiary/aromatic N) is 2. The monoisotopic (exact) mass is 165 g/mol. The first kappa shape index (κ1) is 9.13. The molecule has 0 aliphatic carbocycles. The summed E-state index contributed by atoms with van der Waals surface area (Å²) >= 11 is 0. The van der Waals surface area contributed by atoms with Crippen molar-refractivity contribution in [1.82, 2.24) is 15.3 Å². The standard InChI is InChI=1S/C9H15N3/c1-3-4-11-8(2)9-7-10-5-6-12-9/h5-8,11H,3-4H2,1-2H3. The highest BCUT2D eigenvalue weighted by Gasteiger charge is 2.03. The van der Waals surface area contributed by atoms with Gasteiger partial charge >= 0.3 is 0 Å². The van der Waals surface area contributed by atoms with Gasteiger partial charge in [-0.1, -0.05) is 6.92 Å². The van der Waals surface area contributed by atoms with Crippen LogP contribution in [-0.4, -0.2) is 16.5 Å². The minimum Gasteiger partial charge on any atom is -0.309 e. The number of rotatable bonds is 4. The van der Waals surface area contributed by atoms with Crippen LogP contribution in [0.1, 0.15) is 32.0 Å². The third-order valence-corrected chi connectivity index (χ3v) is 1.73. The number of hydrogen-bond acceptors (Lipinski definition) is 3. The molecule has 1 unspecified atom stereocenters. The van der Waals surface area contributed by atoms with Gasteiger partial charge in [0.15, 0.2) is 0 Å². The Morgan fingerprint density at radius 2 is 2.33 bits per heavy atom. The van der Waals surface area contributed by atoms with Crippen LogP contribution in [0.3, 0.4) is 0 Å². The van der Waals surface area contributed by atoms with E-state index in [9.17, 15) is 0 Å². The van der Waals surface area contributed by atoms with E-state index in [4.69, 9.17) is 0 Å². The summed E-state index contributed by atoms with van der Waals surface area (Å²) in [6, 6.07) is 0.304. The van der Waals surface area contributed by atoms with Crippen molar-refractivity contribution in [3.63, 3.8) is 0 Å². The molecular weight excluding hydrogens is 150 g/mol. The molecule has 1 N–H and O–H groups in total. The zero-order valence-electron chi connectivity index (χ0n) is 7.62. The van der Waals surface area contributed by atoms with Crippen molar-refractivity contribution in [2.45, 2.75) is 26.3 Å². The Bertz CT molecular complexity index is 210. The lowest BCUT2D eigenvalue weighted by Crippen LogP contribution is -2.20. The molecule has 0 fully saturated rings. The second-order valence-electron chi connectivity index (χ2n) is 2.81. The summed E-state index contributed by atoms with van der Waals surface area (Å²) in [6.45, 7) is 5.27. The van der Waals surface area contributed by atoms with E-state index in [2.05, 4.69) is 29.1 Å². The first-order chi connectivity index (χ1) is 5.84. The lowest BCUT2D eigenvalue weighted by molar-refractivity contribution is 0.556. The van der Waals surface area contributed by atoms with Crippen LogP contribution in [-0.2, 0) is 0 Å². The lowest BCUT2D eigenvalue weighted by atomic mass is 10.2. The molecule has 1 atom stereocenters. The minimum atomic E-state index is 0.304. The maximum Gasteiger partial charge on any atom is 0.0753 e. The van der Waals surface area contributed by atoms with Crippen LogP contribution in [0.4, 0.5) is 0 Å². The third-order valence-electron chi connectivity index (χ3n) is 1.73. The van der Waals surface area contributed by atoms with Crippen molar-refractivity contribution < 1.29 is 0 Å². The van der Waals surface area contributed by atoms with E-state index in [1.54, 1.807) is 18.6 Å². The maximum absolute atomic E-state index is 4.21. The van der Waals surface area contributed by atoms with Crippen molar-refractivity contribution in [2.24, 2.45) is 0 Å². The van der Waals surface area contributed by atoms with Crippen molar-refractivity contribution in [1.29, 1.82) is 0 Å². The van der Waals surface area contributed by atoms with Crippen molar-refractivity contribution in [3.05, 3.63) is 24.3 Å². The van der Waals surface area contributed by atoms with Gasteiger partial charge in [-0.05, 0) is 19.9 Å². The van der Waals surface area contributed by atoms with Gasteiger partial charge in [-0.15, -0.1) is 0 Å².